The van der Waals surface area contributed by atoms with E-state index < -0.39 is 0 Å². The van der Waals surface area contributed by atoms with Gasteiger partial charge in [0, 0.05) is 43.6 Å². The SMILES string of the molecule is CC(C)CC1CN(c2ncccn2)CCN1C(=O)c1ccc(-c2ccccc2)cc1. The number of carbonyl (C=O) groups excluding carboxylic acids is 1. The predicted octanol–water partition coefficient (Wildman–Crippen LogP) is 4.52. The largest absolute Gasteiger partial charge is 0.337 e. The van der Waals surface area contributed by atoms with Gasteiger partial charge in [-0.2, -0.15) is 0 Å². The van der Waals surface area contributed by atoms with E-state index in [-0.39, 0.29) is 11.9 Å². The Hall–Kier alpha value is -3.21. The van der Waals surface area contributed by atoms with E-state index in [1.807, 2.05) is 53.4 Å². The van der Waals surface area contributed by atoms with Crippen LogP contribution in [0.25, 0.3) is 11.1 Å². The first-order chi connectivity index (χ1) is 14.6. The molecule has 1 aromatic heterocycles. The Labute approximate surface area is 178 Å². The van der Waals surface area contributed by atoms with Gasteiger partial charge < -0.3 is 9.80 Å². The van der Waals surface area contributed by atoms with E-state index in [9.17, 15) is 4.79 Å². The fourth-order valence-electron chi connectivity index (χ4n) is 4.11. The van der Waals surface area contributed by atoms with Gasteiger partial charge >= 0.3 is 0 Å². The van der Waals surface area contributed by atoms with E-state index in [1.165, 1.54) is 0 Å². The topological polar surface area (TPSA) is 49.3 Å². The van der Waals surface area contributed by atoms with Crippen LogP contribution in [0.1, 0.15) is 30.6 Å². The van der Waals surface area contributed by atoms with E-state index >= 15 is 0 Å². The molecule has 1 amide bonds. The van der Waals surface area contributed by atoms with Gasteiger partial charge in [0.1, 0.15) is 0 Å². The van der Waals surface area contributed by atoms with E-state index in [2.05, 4.69) is 40.8 Å². The first kappa shape index (κ1) is 20.1. The molecule has 0 spiro atoms. The number of amides is 1. The van der Waals surface area contributed by atoms with Crippen molar-refractivity contribution in [3.63, 3.8) is 0 Å². The van der Waals surface area contributed by atoms with Gasteiger partial charge in [-0.25, -0.2) is 9.97 Å². The summed E-state index contributed by atoms with van der Waals surface area (Å²) in [6, 6.07) is 20.2. The molecule has 0 aliphatic carbocycles. The fraction of sp³-hybridized carbons (Fsp3) is 0.320. The number of carbonyl (C=O) groups is 1. The van der Waals surface area contributed by atoms with Crippen molar-refractivity contribution in [2.75, 3.05) is 24.5 Å². The van der Waals surface area contributed by atoms with Gasteiger partial charge in [0.15, 0.2) is 0 Å². The Bertz CT molecular complexity index is 957. The number of hydrogen-bond donors (Lipinski definition) is 0. The van der Waals surface area contributed by atoms with E-state index in [0.29, 0.717) is 12.5 Å². The van der Waals surface area contributed by atoms with Crippen LogP contribution in [-0.4, -0.2) is 46.5 Å². The summed E-state index contributed by atoms with van der Waals surface area (Å²) < 4.78 is 0. The van der Waals surface area contributed by atoms with Gasteiger partial charge in [-0.3, -0.25) is 4.79 Å². The van der Waals surface area contributed by atoms with E-state index in [1.54, 1.807) is 12.4 Å². The van der Waals surface area contributed by atoms with Crippen LogP contribution < -0.4 is 4.90 Å². The fourth-order valence-corrected chi connectivity index (χ4v) is 4.11. The van der Waals surface area contributed by atoms with Crippen molar-refractivity contribution in [1.82, 2.24) is 14.9 Å². The Morgan fingerprint density at radius 1 is 0.933 bits per heavy atom. The summed E-state index contributed by atoms with van der Waals surface area (Å²) in [7, 11) is 0. The van der Waals surface area contributed by atoms with Gasteiger partial charge in [-0.05, 0) is 41.7 Å². The van der Waals surface area contributed by atoms with Crippen molar-refractivity contribution in [2.24, 2.45) is 5.92 Å². The summed E-state index contributed by atoms with van der Waals surface area (Å²) in [6.45, 7) is 6.59. The highest BCUT2D eigenvalue weighted by atomic mass is 16.2. The minimum absolute atomic E-state index is 0.105. The number of rotatable bonds is 5. The lowest BCUT2D eigenvalue weighted by Crippen LogP contribution is -2.56. The molecule has 154 valence electrons. The summed E-state index contributed by atoms with van der Waals surface area (Å²) in [5, 5.41) is 0. The van der Waals surface area contributed by atoms with Gasteiger partial charge in [0.2, 0.25) is 5.95 Å². The van der Waals surface area contributed by atoms with Crippen LogP contribution in [-0.2, 0) is 0 Å². The number of piperazine rings is 1. The smallest absolute Gasteiger partial charge is 0.254 e. The van der Waals surface area contributed by atoms with Crippen LogP contribution in [0.2, 0.25) is 0 Å². The third-order valence-corrected chi connectivity index (χ3v) is 5.56. The zero-order valence-electron chi connectivity index (χ0n) is 17.6. The van der Waals surface area contributed by atoms with Crippen molar-refractivity contribution >= 4 is 11.9 Å². The summed E-state index contributed by atoms with van der Waals surface area (Å²) >= 11 is 0. The molecule has 0 saturated carbocycles. The first-order valence-corrected chi connectivity index (χ1v) is 10.6. The highest BCUT2D eigenvalue weighted by Gasteiger charge is 2.32. The highest BCUT2D eigenvalue weighted by Crippen LogP contribution is 2.24. The van der Waals surface area contributed by atoms with Crippen LogP contribution >= 0.6 is 0 Å². The average Bonchev–Trinajstić information content (AvgIpc) is 2.79. The second-order valence-corrected chi connectivity index (χ2v) is 8.22. The molecule has 1 unspecified atom stereocenters. The number of nitrogens with zero attached hydrogens (tertiary/aromatic N) is 4. The summed E-state index contributed by atoms with van der Waals surface area (Å²) in [5.41, 5.74) is 3.02. The lowest BCUT2D eigenvalue weighted by atomic mass is 9.98. The van der Waals surface area contributed by atoms with Crippen LogP contribution in [0, 0.1) is 5.92 Å². The molecule has 3 aromatic rings. The normalized spacial score (nSPS) is 16.7. The molecule has 1 fully saturated rings. The van der Waals surface area contributed by atoms with Crippen molar-refractivity contribution < 1.29 is 4.79 Å². The number of benzene rings is 2. The Kier molecular flexibility index (Phi) is 6.07. The lowest BCUT2D eigenvalue weighted by Gasteiger charge is -2.42. The van der Waals surface area contributed by atoms with Crippen molar-refractivity contribution in [3.8, 4) is 11.1 Å². The van der Waals surface area contributed by atoms with Crippen LogP contribution in [0.3, 0.4) is 0 Å². The molecule has 1 saturated heterocycles. The van der Waals surface area contributed by atoms with Gasteiger partial charge in [-0.15, -0.1) is 0 Å². The summed E-state index contributed by atoms with van der Waals surface area (Å²) in [4.78, 5) is 26.4. The zero-order chi connectivity index (χ0) is 20.9. The molecule has 4 rings (SSSR count). The van der Waals surface area contributed by atoms with Gasteiger partial charge in [0.05, 0.1) is 0 Å². The van der Waals surface area contributed by atoms with Crippen LogP contribution in [0.4, 0.5) is 5.95 Å². The molecule has 2 heterocycles. The Morgan fingerprint density at radius 3 is 2.27 bits per heavy atom. The van der Waals surface area contributed by atoms with E-state index in [4.69, 9.17) is 0 Å². The maximum absolute atomic E-state index is 13.4. The number of anilines is 1. The molecular formula is C25H28N4O. The molecule has 30 heavy (non-hydrogen) atoms. The molecule has 0 radical (unpaired) electrons. The maximum Gasteiger partial charge on any atom is 0.254 e. The zero-order valence-corrected chi connectivity index (χ0v) is 17.6. The van der Waals surface area contributed by atoms with Gasteiger partial charge in [0.25, 0.3) is 5.91 Å². The quantitative estimate of drug-likeness (QED) is 0.632. The molecule has 0 bridgehead atoms. The third-order valence-electron chi connectivity index (χ3n) is 5.56. The lowest BCUT2D eigenvalue weighted by molar-refractivity contribution is 0.0631. The summed E-state index contributed by atoms with van der Waals surface area (Å²) in [5.74, 6) is 1.35. The second kappa shape index (κ2) is 9.08. The minimum atomic E-state index is 0.105. The maximum atomic E-state index is 13.4. The molecule has 5 heteroatoms. The van der Waals surface area contributed by atoms with Gasteiger partial charge in [-0.1, -0.05) is 56.3 Å². The molecule has 1 atom stereocenters. The molecular weight excluding hydrogens is 372 g/mol. The second-order valence-electron chi connectivity index (χ2n) is 8.22. The number of aromatic nitrogens is 2. The molecule has 0 N–H and O–H groups in total. The third kappa shape index (κ3) is 4.51. The van der Waals surface area contributed by atoms with Crippen LogP contribution in [0.5, 0.6) is 0 Å². The minimum Gasteiger partial charge on any atom is -0.337 e. The Balaban J connectivity index is 1.52. The standard InChI is InChI=1S/C25H28N4O/c1-19(2)17-23-18-28(25-26-13-6-14-27-25)15-16-29(23)24(30)22-11-9-21(10-12-22)20-7-4-3-5-8-20/h3-14,19,23H,15-18H2,1-2H3. The van der Waals surface area contributed by atoms with E-state index in [0.717, 1.165) is 42.1 Å². The first-order valence-electron chi connectivity index (χ1n) is 10.6. The van der Waals surface area contributed by atoms with Crippen LogP contribution in [0.15, 0.2) is 73.1 Å². The Morgan fingerprint density at radius 2 is 1.60 bits per heavy atom. The predicted molar refractivity (Wildman–Crippen MR) is 120 cm³/mol. The molecule has 2 aromatic carbocycles. The number of hydrogen-bond acceptors (Lipinski definition) is 4. The van der Waals surface area contributed by atoms with Crippen molar-refractivity contribution in [3.05, 3.63) is 78.6 Å². The average molecular weight is 401 g/mol. The molecule has 1 aliphatic heterocycles. The molecule has 5 nitrogen and oxygen atoms in total. The monoisotopic (exact) mass is 400 g/mol. The van der Waals surface area contributed by atoms with Crippen molar-refractivity contribution in [1.29, 1.82) is 0 Å². The molecule has 1 aliphatic rings. The summed E-state index contributed by atoms with van der Waals surface area (Å²) in [6.07, 6.45) is 4.49. The highest BCUT2D eigenvalue weighted by molar-refractivity contribution is 5.95. The van der Waals surface area contributed by atoms with Crippen molar-refractivity contribution in [2.45, 2.75) is 26.3 Å².